The molecule has 0 atom stereocenters. The summed E-state index contributed by atoms with van der Waals surface area (Å²) in [6, 6.07) is 0. The van der Waals surface area contributed by atoms with Gasteiger partial charge in [0.15, 0.2) is 0 Å². The van der Waals surface area contributed by atoms with Gasteiger partial charge in [0.1, 0.15) is 0 Å². The predicted octanol–water partition coefficient (Wildman–Crippen LogP) is 0.675. The Hall–Kier alpha value is -0.820. The van der Waals surface area contributed by atoms with Crippen LogP contribution in [0.15, 0.2) is 0 Å². The summed E-state index contributed by atoms with van der Waals surface area (Å²) in [6.45, 7) is -0.158. The van der Waals surface area contributed by atoms with Crippen LogP contribution in [0.5, 0.6) is 0 Å². The Morgan fingerprint density at radius 2 is 2.00 bits per heavy atom. The molecular formula is C7H12F3NO3. The first-order valence-electron chi connectivity index (χ1n) is 3.94. The lowest BCUT2D eigenvalue weighted by Gasteiger charge is -2.07. The smallest absolute Gasteiger partial charge is 0.469 e. The maximum absolute atomic E-state index is 11.4. The monoisotopic (exact) mass is 215 g/mol. The number of esters is 1. The maximum atomic E-state index is 11.4. The molecule has 4 nitrogen and oxygen atoms in total. The Kier molecular flexibility index (Phi) is 6.22. The third kappa shape index (κ3) is 9.27. The lowest BCUT2D eigenvalue weighted by atomic mass is 10.4. The van der Waals surface area contributed by atoms with Gasteiger partial charge in [-0.25, -0.2) is 0 Å². The number of carbonyl (C=O) groups is 1. The van der Waals surface area contributed by atoms with Crippen LogP contribution in [-0.4, -0.2) is 39.1 Å². The van der Waals surface area contributed by atoms with Gasteiger partial charge < -0.3 is 10.1 Å². The van der Waals surface area contributed by atoms with Gasteiger partial charge >= 0.3 is 12.3 Å². The van der Waals surface area contributed by atoms with Gasteiger partial charge in [-0.15, -0.1) is 13.2 Å². The first-order chi connectivity index (χ1) is 6.45. The van der Waals surface area contributed by atoms with Gasteiger partial charge in [-0.05, 0) is 0 Å². The topological polar surface area (TPSA) is 47.6 Å². The molecule has 0 amide bonds. The van der Waals surface area contributed by atoms with Gasteiger partial charge in [0.05, 0.1) is 20.1 Å². The number of rotatable bonds is 6. The fraction of sp³-hybridized carbons (Fsp3) is 0.857. The Bertz CT molecular complexity index is 172. The van der Waals surface area contributed by atoms with Crippen molar-refractivity contribution in [1.82, 2.24) is 5.32 Å². The van der Waals surface area contributed by atoms with Crippen LogP contribution in [0, 0.1) is 0 Å². The average Bonchev–Trinajstić information content (AvgIpc) is 2.08. The molecule has 0 aromatic heterocycles. The Morgan fingerprint density at radius 3 is 2.50 bits per heavy atom. The molecule has 0 fully saturated rings. The van der Waals surface area contributed by atoms with Gasteiger partial charge in [-0.3, -0.25) is 9.53 Å². The molecule has 0 aromatic rings. The van der Waals surface area contributed by atoms with Gasteiger partial charge in [0.2, 0.25) is 0 Å². The molecule has 0 aliphatic rings. The highest BCUT2D eigenvalue weighted by atomic mass is 19.4. The molecule has 0 heterocycles. The van der Waals surface area contributed by atoms with Crippen molar-refractivity contribution in [1.29, 1.82) is 0 Å². The van der Waals surface area contributed by atoms with Crippen molar-refractivity contribution in [3.05, 3.63) is 0 Å². The second-order valence-corrected chi connectivity index (χ2v) is 2.37. The molecule has 0 saturated heterocycles. The summed E-state index contributed by atoms with van der Waals surface area (Å²) in [7, 11) is 1.25. The third-order valence-corrected chi connectivity index (χ3v) is 1.28. The summed E-state index contributed by atoms with van der Waals surface area (Å²) in [4.78, 5) is 10.5. The van der Waals surface area contributed by atoms with E-state index in [2.05, 4.69) is 14.8 Å². The Balaban J connectivity index is 3.18. The number of nitrogens with one attached hydrogen (secondary N) is 1. The second kappa shape index (κ2) is 6.61. The summed E-state index contributed by atoms with van der Waals surface area (Å²) in [5.74, 6) is -0.408. The third-order valence-electron chi connectivity index (χ3n) is 1.28. The zero-order valence-corrected chi connectivity index (χ0v) is 7.69. The number of hydrogen-bond donors (Lipinski definition) is 1. The van der Waals surface area contributed by atoms with Crippen molar-refractivity contribution >= 4 is 5.97 Å². The summed E-state index contributed by atoms with van der Waals surface area (Å²) >= 11 is 0. The number of ether oxygens (including phenoxy) is 2. The first kappa shape index (κ1) is 13.2. The van der Waals surface area contributed by atoms with Crippen LogP contribution in [0.4, 0.5) is 13.2 Å². The minimum absolute atomic E-state index is 0.0382. The molecule has 0 unspecified atom stereocenters. The SMILES string of the molecule is COC(=O)CCNCCOC(F)(F)F. The van der Waals surface area contributed by atoms with Crippen molar-refractivity contribution in [2.45, 2.75) is 12.8 Å². The van der Waals surface area contributed by atoms with Crippen molar-refractivity contribution in [2.24, 2.45) is 0 Å². The lowest BCUT2D eigenvalue weighted by molar-refractivity contribution is -0.323. The molecule has 0 aromatic carbocycles. The molecule has 0 aliphatic heterocycles. The second-order valence-electron chi connectivity index (χ2n) is 2.37. The molecule has 0 aliphatic carbocycles. The highest BCUT2D eigenvalue weighted by Crippen LogP contribution is 2.14. The first-order valence-corrected chi connectivity index (χ1v) is 3.94. The molecule has 1 N–H and O–H groups in total. The van der Waals surface area contributed by atoms with E-state index in [0.717, 1.165) is 0 Å². The largest absolute Gasteiger partial charge is 0.522 e. The molecule has 0 spiro atoms. The highest BCUT2D eigenvalue weighted by molar-refractivity contribution is 5.69. The summed E-state index contributed by atoms with van der Waals surface area (Å²) < 4.78 is 42.1. The highest BCUT2D eigenvalue weighted by Gasteiger charge is 2.28. The average molecular weight is 215 g/mol. The van der Waals surface area contributed by atoms with Crippen molar-refractivity contribution in [3.8, 4) is 0 Å². The van der Waals surface area contributed by atoms with Gasteiger partial charge in [0.25, 0.3) is 0 Å². The van der Waals surface area contributed by atoms with Gasteiger partial charge in [0, 0.05) is 13.1 Å². The molecule has 0 radical (unpaired) electrons. The van der Waals surface area contributed by atoms with E-state index in [1.807, 2.05) is 0 Å². The molecule has 7 heteroatoms. The normalized spacial score (nSPS) is 11.4. The fourth-order valence-corrected chi connectivity index (χ4v) is 0.656. The number of carbonyl (C=O) groups excluding carboxylic acids is 1. The zero-order chi connectivity index (χ0) is 11.0. The predicted molar refractivity (Wildman–Crippen MR) is 41.5 cm³/mol. The van der Waals surface area contributed by atoms with Crippen LogP contribution >= 0.6 is 0 Å². The van der Waals surface area contributed by atoms with Crippen molar-refractivity contribution < 1.29 is 27.4 Å². The van der Waals surface area contributed by atoms with Crippen LogP contribution in [0.3, 0.4) is 0 Å². The quantitative estimate of drug-likeness (QED) is 0.522. The fourth-order valence-electron chi connectivity index (χ4n) is 0.656. The van der Waals surface area contributed by atoms with Crippen LogP contribution in [0.25, 0.3) is 0 Å². The van der Waals surface area contributed by atoms with Crippen LogP contribution in [-0.2, 0) is 14.3 Å². The molecule has 14 heavy (non-hydrogen) atoms. The summed E-state index contributed by atoms with van der Waals surface area (Å²) in [5, 5.41) is 2.60. The standard InChI is InChI=1S/C7H12F3NO3/c1-13-6(12)2-3-11-4-5-14-7(8,9)10/h11H,2-5H2,1H3. The summed E-state index contributed by atoms with van der Waals surface area (Å²) in [6.07, 6.45) is -4.47. The number of alkyl halides is 3. The maximum Gasteiger partial charge on any atom is 0.522 e. The molecule has 0 rings (SSSR count). The Morgan fingerprint density at radius 1 is 1.36 bits per heavy atom. The molecule has 0 saturated carbocycles. The van der Waals surface area contributed by atoms with Gasteiger partial charge in [-0.1, -0.05) is 0 Å². The Labute approximate surface area is 79.4 Å². The van der Waals surface area contributed by atoms with E-state index < -0.39 is 18.9 Å². The molecule has 84 valence electrons. The van der Waals surface area contributed by atoms with Crippen LogP contribution in [0.1, 0.15) is 6.42 Å². The van der Waals surface area contributed by atoms with E-state index in [1.54, 1.807) is 0 Å². The summed E-state index contributed by atoms with van der Waals surface area (Å²) in [5.41, 5.74) is 0. The number of halogens is 3. The van der Waals surface area contributed by atoms with E-state index >= 15 is 0 Å². The molecular weight excluding hydrogens is 203 g/mol. The lowest BCUT2D eigenvalue weighted by Crippen LogP contribution is -2.26. The van der Waals surface area contributed by atoms with Gasteiger partial charge in [-0.2, -0.15) is 0 Å². The van der Waals surface area contributed by atoms with E-state index in [9.17, 15) is 18.0 Å². The van der Waals surface area contributed by atoms with E-state index in [0.29, 0.717) is 0 Å². The van der Waals surface area contributed by atoms with E-state index in [4.69, 9.17) is 0 Å². The number of methoxy groups -OCH3 is 1. The van der Waals surface area contributed by atoms with E-state index in [1.165, 1.54) is 7.11 Å². The van der Waals surface area contributed by atoms with Crippen LogP contribution < -0.4 is 5.32 Å². The minimum atomic E-state index is -4.59. The van der Waals surface area contributed by atoms with Crippen molar-refractivity contribution in [3.63, 3.8) is 0 Å². The molecule has 0 bridgehead atoms. The minimum Gasteiger partial charge on any atom is -0.469 e. The van der Waals surface area contributed by atoms with E-state index in [-0.39, 0.29) is 19.5 Å². The zero-order valence-electron chi connectivity index (χ0n) is 7.69. The van der Waals surface area contributed by atoms with Crippen molar-refractivity contribution in [2.75, 3.05) is 26.8 Å². The van der Waals surface area contributed by atoms with Crippen LogP contribution in [0.2, 0.25) is 0 Å². The number of hydrogen-bond acceptors (Lipinski definition) is 4.